The van der Waals surface area contributed by atoms with Crippen LogP contribution < -0.4 is 10.6 Å². The van der Waals surface area contributed by atoms with E-state index in [1.165, 1.54) is 11.3 Å². The highest BCUT2D eigenvalue weighted by molar-refractivity contribution is 7.12. The Balaban J connectivity index is 1.82. The first-order chi connectivity index (χ1) is 14.9. The molecule has 1 atom stereocenters. The fraction of sp³-hybridized carbons (Fsp3) is 0.435. The lowest BCUT2D eigenvalue weighted by atomic mass is 10.0. The van der Waals surface area contributed by atoms with Gasteiger partial charge in [-0.25, -0.2) is 4.98 Å². The van der Waals surface area contributed by atoms with Crippen molar-refractivity contribution in [2.75, 3.05) is 25.0 Å². The van der Waals surface area contributed by atoms with Crippen molar-refractivity contribution in [1.82, 2.24) is 19.8 Å². The van der Waals surface area contributed by atoms with Crippen molar-refractivity contribution < 1.29 is 9.59 Å². The summed E-state index contributed by atoms with van der Waals surface area (Å²) in [5.74, 6) is -0.0648. The molecule has 7 nitrogen and oxygen atoms in total. The zero-order valence-electron chi connectivity index (χ0n) is 18.6. The smallest absolute Gasteiger partial charge is 0.262 e. The predicted molar refractivity (Wildman–Crippen MR) is 127 cm³/mol. The van der Waals surface area contributed by atoms with E-state index in [-0.39, 0.29) is 17.7 Å². The molecule has 31 heavy (non-hydrogen) atoms. The van der Waals surface area contributed by atoms with Crippen LogP contribution in [0.5, 0.6) is 0 Å². The standard InChI is InChI=1S/C23H31N5O2S/c1-5-27(6-2)13-14-28-18-11-8-7-10-17(18)24-23(28)26-22(30)20(16(3)4)25-21(29)19-12-9-15-31-19/h7-12,15-16,20H,5-6,13-14H2,1-4H3,(H,25,29)(H,24,26,30). The van der Waals surface area contributed by atoms with Crippen LogP contribution in [0.25, 0.3) is 11.0 Å². The van der Waals surface area contributed by atoms with E-state index in [9.17, 15) is 9.59 Å². The van der Waals surface area contributed by atoms with Gasteiger partial charge >= 0.3 is 0 Å². The zero-order chi connectivity index (χ0) is 22.4. The van der Waals surface area contributed by atoms with Gasteiger partial charge < -0.3 is 14.8 Å². The number of para-hydroxylation sites is 2. The van der Waals surface area contributed by atoms with Gasteiger partial charge in [0, 0.05) is 13.1 Å². The number of aromatic nitrogens is 2. The van der Waals surface area contributed by atoms with Crippen molar-refractivity contribution in [1.29, 1.82) is 0 Å². The molecule has 2 aromatic heterocycles. The molecule has 0 aliphatic rings. The lowest BCUT2D eigenvalue weighted by molar-refractivity contribution is -0.119. The number of carbonyl (C=O) groups is 2. The number of nitrogens with zero attached hydrogens (tertiary/aromatic N) is 3. The molecule has 0 bridgehead atoms. The van der Waals surface area contributed by atoms with Gasteiger partial charge in [0.15, 0.2) is 0 Å². The minimum Gasteiger partial charge on any atom is -0.339 e. The molecule has 0 radical (unpaired) electrons. The molecule has 3 rings (SSSR count). The van der Waals surface area contributed by atoms with Crippen LogP contribution >= 0.6 is 11.3 Å². The second-order valence-corrected chi connectivity index (χ2v) is 8.71. The minimum atomic E-state index is -0.661. The summed E-state index contributed by atoms with van der Waals surface area (Å²) >= 11 is 1.35. The van der Waals surface area contributed by atoms with Crippen LogP contribution in [0.1, 0.15) is 37.4 Å². The second-order valence-electron chi connectivity index (χ2n) is 7.76. The van der Waals surface area contributed by atoms with Crippen LogP contribution in [0.15, 0.2) is 41.8 Å². The lowest BCUT2D eigenvalue weighted by Gasteiger charge is -2.22. The number of carbonyl (C=O) groups excluding carboxylic acids is 2. The maximum Gasteiger partial charge on any atom is 0.262 e. The van der Waals surface area contributed by atoms with Gasteiger partial charge in [-0.05, 0) is 42.6 Å². The van der Waals surface area contributed by atoms with E-state index in [4.69, 9.17) is 0 Å². The summed E-state index contributed by atoms with van der Waals surface area (Å²) in [5.41, 5.74) is 1.81. The molecule has 0 aliphatic carbocycles. The number of rotatable bonds is 10. The normalized spacial score (nSPS) is 12.5. The number of fused-ring (bicyclic) bond motifs is 1. The molecule has 3 aromatic rings. The quantitative estimate of drug-likeness (QED) is 0.501. The molecule has 0 fully saturated rings. The summed E-state index contributed by atoms with van der Waals surface area (Å²) in [4.78, 5) is 33.2. The summed E-state index contributed by atoms with van der Waals surface area (Å²) in [6.07, 6.45) is 0. The first-order valence-corrected chi connectivity index (χ1v) is 11.6. The highest BCUT2D eigenvalue weighted by Gasteiger charge is 2.26. The third-order valence-electron chi connectivity index (χ3n) is 5.40. The van der Waals surface area contributed by atoms with E-state index in [0.717, 1.165) is 30.7 Å². The van der Waals surface area contributed by atoms with Crippen molar-refractivity contribution in [3.05, 3.63) is 46.7 Å². The Bertz CT molecular complexity index is 1010. The monoisotopic (exact) mass is 441 g/mol. The third kappa shape index (κ3) is 5.51. The highest BCUT2D eigenvalue weighted by Crippen LogP contribution is 2.20. The SMILES string of the molecule is CCN(CC)CCn1c(NC(=O)C(NC(=O)c2cccs2)C(C)C)nc2ccccc21. The number of likely N-dealkylation sites (N-methyl/N-ethyl adjacent to an activating group) is 1. The number of hydrogen-bond acceptors (Lipinski definition) is 5. The summed E-state index contributed by atoms with van der Waals surface area (Å²) in [6.45, 7) is 11.6. The lowest BCUT2D eigenvalue weighted by Crippen LogP contribution is -2.47. The van der Waals surface area contributed by atoms with Crippen molar-refractivity contribution in [3.63, 3.8) is 0 Å². The van der Waals surface area contributed by atoms with Crippen LogP contribution in [-0.4, -0.2) is 51.9 Å². The van der Waals surface area contributed by atoms with Gasteiger partial charge in [0.25, 0.3) is 5.91 Å². The number of imidazole rings is 1. The van der Waals surface area contributed by atoms with Crippen LogP contribution in [0.2, 0.25) is 0 Å². The summed E-state index contributed by atoms with van der Waals surface area (Å²) in [7, 11) is 0. The molecule has 0 spiro atoms. The molecular weight excluding hydrogens is 410 g/mol. The molecule has 1 unspecified atom stereocenters. The third-order valence-corrected chi connectivity index (χ3v) is 6.27. The number of amides is 2. The molecule has 8 heteroatoms. The predicted octanol–water partition coefficient (Wildman–Crippen LogP) is 3.83. The van der Waals surface area contributed by atoms with Crippen LogP contribution in [-0.2, 0) is 11.3 Å². The molecule has 2 N–H and O–H groups in total. The minimum absolute atomic E-state index is 0.0718. The van der Waals surface area contributed by atoms with E-state index in [1.54, 1.807) is 6.07 Å². The van der Waals surface area contributed by atoms with Gasteiger partial charge in [0.1, 0.15) is 6.04 Å². The number of anilines is 1. The van der Waals surface area contributed by atoms with Gasteiger partial charge in [0.2, 0.25) is 11.9 Å². The largest absolute Gasteiger partial charge is 0.339 e. The van der Waals surface area contributed by atoms with E-state index in [0.29, 0.717) is 17.4 Å². The molecule has 0 saturated heterocycles. The van der Waals surface area contributed by atoms with Crippen molar-refractivity contribution >= 4 is 40.1 Å². The number of nitrogens with one attached hydrogen (secondary N) is 2. The van der Waals surface area contributed by atoms with E-state index >= 15 is 0 Å². The van der Waals surface area contributed by atoms with Crippen molar-refractivity contribution in [2.45, 2.75) is 40.3 Å². The molecule has 2 amide bonds. The molecule has 166 valence electrons. The fourth-order valence-electron chi connectivity index (χ4n) is 3.52. The van der Waals surface area contributed by atoms with Crippen LogP contribution in [0.3, 0.4) is 0 Å². The van der Waals surface area contributed by atoms with Crippen molar-refractivity contribution in [3.8, 4) is 0 Å². The fourth-order valence-corrected chi connectivity index (χ4v) is 4.15. The average molecular weight is 442 g/mol. The van der Waals surface area contributed by atoms with Crippen molar-refractivity contribution in [2.24, 2.45) is 5.92 Å². The molecule has 0 aliphatic heterocycles. The maximum absolute atomic E-state index is 13.2. The Hall–Kier alpha value is -2.71. The van der Waals surface area contributed by atoms with E-state index < -0.39 is 6.04 Å². The van der Waals surface area contributed by atoms with Crippen LogP contribution in [0, 0.1) is 5.92 Å². The average Bonchev–Trinajstić information content (AvgIpc) is 3.41. The van der Waals surface area contributed by atoms with Gasteiger partial charge in [-0.1, -0.05) is 45.9 Å². The second kappa shape index (κ2) is 10.5. The first-order valence-electron chi connectivity index (χ1n) is 10.8. The topological polar surface area (TPSA) is 79.3 Å². The van der Waals surface area contributed by atoms with Gasteiger partial charge in [-0.15, -0.1) is 11.3 Å². The molecule has 1 aromatic carbocycles. The Labute approximate surface area is 187 Å². The zero-order valence-corrected chi connectivity index (χ0v) is 19.4. The number of thiophene rings is 1. The Morgan fingerprint density at radius 2 is 1.87 bits per heavy atom. The maximum atomic E-state index is 13.2. The molecule has 0 saturated carbocycles. The highest BCUT2D eigenvalue weighted by atomic mass is 32.1. The summed E-state index contributed by atoms with van der Waals surface area (Å²) in [6, 6.07) is 10.8. The number of hydrogen-bond donors (Lipinski definition) is 2. The Kier molecular flexibility index (Phi) is 7.81. The Morgan fingerprint density at radius 1 is 1.13 bits per heavy atom. The summed E-state index contributed by atoms with van der Waals surface area (Å²) < 4.78 is 2.05. The van der Waals surface area contributed by atoms with Gasteiger partial charge in [0.05, 0.1) is 15.9 Å². The summed E-state index contributed by atoms with van der Waals surface area (Å²) in [5, 5.41) is 7.69. The van der Waals surface area contributed by atoms with Gasteiger partial charge in [-0.3, -0.25) is 14.9 Å². The van der Waals surface area contributed by atoms with E-state index in [2.05, 4.69) is 34.4 Å². The van der Waals surface area contributed by atoms with Gasteiger partial charge in [-0.2, -0.15) is 0 Å². The number of benzene rings is 1. The first kappa shape index (κ1) is 23.0. The molecule has 2 heterocycles. The van der Waals surface area contributed by atoms with Crippen LogP contribution in [0.4, 0.5) is 5.95 Å². The molecular formula is C23H31N5O2S. The van der Waals surface area contributed by atoms with E-state index in [1.807, 2.05) is 54.1 Å². The Morgan fingerprint density at radius 3 is 2.52 bits per heavy atom.